The number of aliphatic hydroxyl groups excluding tert-OH is 1. The van der Waals surface area contributed by atoms with Gasteiger partial charge in [0.15, 0.2) is 0 Å². The minimum atomic E-state index is -0.560. The first-order valence-electron chi connectivity index (χ1n) is 5.60. The van der Waals surface area contributed by atoms with Gasteiger partial charge in [-0.25, -0.2) is 0 Å². The first-order chi connectivity index (χ1) is 7.65. The minimum absolute atomic E-state index is 0.109. The lowest BCUT2D eigenvalue weighted by Crippen LogP contribution is -2.30. The van der Waals surface area contributed by atoms with Gasteiger partial charge in [0.25, 0.3) is 0 Å². The highest BCUT2D eigenvalue weighted by atomic mass is 32.1. The van der Waals surface area contributed by atoms with Crippen LogP contribution in [0.3, 0.4) is 0 Å². The molecule has 3 nitrogen and oxygen atoms in total. The van der Waals surface area contributed by atoms with Crippen LogP contribution in [0, 0.1) is 0 Å². The molecule has 1 N–H and O–H groups in total. The summed E-state index contributed by atoms with van der Waals surface area (Å²) in [5.41, 5.74) is 0. The Balaban J connectivity index is 2.38. The zero-order valence-corrected chi connectivity index (χ0v) is 10.7. The number of rotatable bonds is 6. The topological polar surface area (TPSA) is 40.5 Å². The van der Waals surface area contributed by atoms with Gasteiger partial charge in [0.05, 0.1) is 6.54 Å². The molecule has 0 fully saturated rings. The summed E-state index contributed by atoms with van der Waals surface area (Å²) in [4.78, 5) is 14.1. The summed E-state index contributed by atoms with van der Waals surface area (Å²) < 4.78 is 0. The van der Waals surface area contributed by atoms with E-state index in [0.717, 1.165) is 17.7 Å². The molecular formula is C12H19NO2S. The molecule has 1 unspecified atom stereocenters. The van der Waals surface area contributed by atoms with Crippen molar-refractivity contribution in [1.82, 2.24) is 4.90 Å². The summed E-state index contributed by atoms with van der Waals surface area (Å²) in [6.07, 6.45) is 1.95. The Kier molecular flexibility index (Phi) is 5.49. The number of carbonyl (C=O) groups excluding carboxylic acids is 1. The predicted molar refractivity (Wildman–Crippen MR) is 66.4 cm³/mol. The monoisotopic (exact) mass is 241 g/mol. The molecule has 90 valence electrons. The SMILES string of the molecule is CCCCC(=O)N(C)CC(O)c1cccs1. The van der Waals surface area contributed by atoms with Gasteiger partial charge < -0.3 is 10.0 Å². The van der Waals surface area contributed by atoms with Gasteiger partial charge in [-0.2, -0.15) is 0 Å². The third kappa shape index (κ3) is 3.94. The minimum Gasteiger partial charge on any atom is -0.386 e. The molecule has 0 aromatic carbocycles. The molecule has 0 saturated carbocycles. The standard InChI is InChI=1S/C12H19NO2S/c1-3-4-7-12(15)13(2)9-10(14)11-6-5-8-16-11/h5-6,8,10,14H,3-4,7,9H2,1-2H3. The largest absolute Gasteiger partial charge is 0.386 e. The van der Waals surface area contributed by atoms with Crippen LogP contribution in [-0.2, 0) is 4.79 Å². The van der Waals surface area contributed by atoms with Crippen LogP contribution in [0.15, 0.2) is 17.5 Å². The first kappa shape index (κ1) is 13.2. The van der Waals surface area contributed by atoms with E-state index in [1.807, 2.05) is 17.5 Å². The van der Waals surface area contributed by atoms with Crippen molar-refractivity contribution in [2.45, 2.75) is 32.3 Å². The predicted octanol–water partition coefficient (Wildman–Crippen LogP) is 2.43. The highest BCUT2D eigenvalue weighted by Crippen LogP contribution is 2.19. The fourth-order valence-electron chi connectivity index (χ4n) is 1.45. The van der Waals surface area contributed by atoms with Crippen molar-refractivity contribution >= 4 is 17.2 Å². The third-order valence-electron chi connectivity index (χ3n) is 2.49. The van der Waals surface area contributed by atoms with Crippen molar-refractivity contribution in [3.8, 4) is 0 Å². The molecule has 0 aliphatic rings. The molecule has 0 saturated heterocycles. The number of likely N-dealkylation sites (N-methyl/N-ethyl adjacent to an activating group) is 1. The van der Waals surface area contributed by atoms with Crippen LogP contribution >= 0.6 is 11.3 Å². The van der Waals surface area contributed by atoms with Gasteiger partial charge in [0, 0.05) is 18.3 Å². The van der Waals surface area contributed by atoms with Crippen molar-refractivity contribution in [3.63, 3.8) is 0 Å². The van der Waals surface area contributed by atoms with Crippen LogP contribution in [0.1, 0.15) is 37.2 Å². The molecule has 0 bridgehead atoms. The van der Waals surface area contributed by atoms with Crippen molar-refractivity contribution in [2.24, 2.45) is 0 Å². The molecular weight excluding hydrogens is 222 g/mol. The quantitative estimate of drug-likeness (QED) is 0.831. The van der Waals surface area contributed by atoms with Crippen molar-refractivity contribution in [1.29, 1.82) is 0 Å². The summed E-state index contributed by atoms with van der Waals surface area (Å²) in [5.74, 6) is 0.109. The summed E-state index contributed by atoms with van der Waals surface area (Å²) in [5, 5.41) is 11.8. The summed E-state index contributed by atoms with van der Waals surface area (Å²) in [6.45, 7) is 2.44. The number of aliphatic hydroxyl groups is 1. The van der Waals surface area contributed by atoms with E-state index in [1.165, 1.54) is 11.3 Å². The Labute approximate surface area is 101 Å². The van der Waals surface area contributed by atoms with Crippen LogP contribution in [0.5, 0.6) is 0 Å². The normalized spacial score (nSPS) is 12.4. The lowest BCUT2D eigenvalue weighted by molar-refractivity contribution is -0.131. The van der Waals surface area contributed by atoms with Crippen LogP contribution in [-0.4, -0.2) is 29.5 Å². The molecule has 1 aromatic heterocycles. The average Bonchev–Trinajstić information content (AvgIpc) is 2.79. The first-order valence-corrected chi connectivity index (χ1v) is 6.48. The van der Waals surface area contributed by atoms with Gasteiger partial charge in [-0.1, -0.05) is 19.4 Å². The number of thiophene rings is 1. The Bertz CT molecular complexity index is 311. The molecule has 1 rings (SSSR count). The maximum absolute atomic E-state index is 11.6. The fourth-order valence-corrected chi connectivity index (χ4v) is 2.15. The Morgan fingerprint density at radius 2 is 2.38 bits per heavy atom. The number of nitrogens with zero attached hydrogens (tertiary/aromatic N) is 1. The van der Waals surface area contributed by atoms with Crippen LogP contribution < -0.4 is 0 Å². The lowest BCUT2D eigenvalue weighted by atomic mass is 10.2. The van der Waals surface area contributed by atoms with Gasteiger partial charge in [0.2, 0.25) is 5.91 Å². The maximum Gasteiger partial charge on any atom is 0.222 e. The molecule has 4 heteroatoms. The van der Waals surface area contributed by atoms with Crippen LogP contribution in [0.25, 0.3) is 0 Å². The van der Waals surface area contributed by atoms with E-state index < -0.39 is 6.10 Å². The Morgan fingerprint density at radius 3 is 2.94 bits per heavy atom. The molecule has 1 amide bonds. The Hall–Kier alpha value is -0.870. The van der Waals surface area contributed by atoms with Gasteiger partial charge in [-0.15, -0.1) is 11.3 Å². The van der Waals surface area contributed by atoms with E-state index in [0.29, 0.717) is 13.0 Å². The zero-order valence-electron chi connectivity index (χ0n) is 9.85. The van der Waals surface area contributed by atoms with Crippen molar-refractivity contribution in [3.05, 3.63) is 22.4 Å². The van der Waals surface area contributed by atoms with Crippen LogP contribution in [0.4, 0.5) is 0 Å². The van der Waals surface area contributed by atoms with E-state index in [4.69, 9.17) is 0 Å². The summed E-state index contributed by atoms with van der Waals surface area (Å²) in [7, 11) is 1.74. The fraction of sp³-hybridized carbons (Fsp3) is 0.583. The molecule has 0 aliphatic heterocycles. The number of amides is 1. The second kappa shape index (κ2) is 6.66. The second-order valence-electron chi connectivity index (χ2n) is 3.91. The number of carbonyl (C=O) groups is 1. The molecule has 16 heavy (non-hydrogen) atoms. The third-order valence-corrected chi connectivity index (χ3v) is 3.46. The molecule has 0 aliphatic carbocycles. The molecule has 1 atom stereocenters. The molecule has 1 heterocycles. The smallest absolute Gasteiger partial charge is 0.222 e. The van der Waals surface area contributed by atoms with E-state index in [1.54, 1.807) is 11.9 Å². The number of unbranched alkanes of at least 4 members (excludes halogenated alkanes) is 1. The van der Waals surface area contributed by atoms with Gasteiger partial charge in [-0.05, 0) is 17.9 Å². The Morgan fingerprint density at radius 1 is 1.62 bits per heavy atom. The lowest BCUT2D eigenvalue weighted by Gasteiger charge is -2.20. The van der Waals surface area contributed by atoms with E-state index in [9.17, 15) is 9.90 Å². The van der Waals surface area contributed by atoms with Crippen molar-refractivity contribution < 1.29 is 9.90 Å². The van der Waals surface area contributed by atoms with E-state index in [-0.39, 0.29) is 5.91 Å². The molecule has 0 spiro atoms. The van der Waals surface area contributed by atoms with Crippen molar-refractivity contribution in [2.75, 3.05) is 13.6 Å². The molecule has 1 aromatic rings. The zero-order chi connectivity index (χ0) is 12.0. The van der Waals surface area contributed by atoms with Gasteiger partial charge in [-0.3, -0.25) is 4.79 Å². The number of hydrogen-bond acceptors (Lipinski definition) is 3. The van der Waals surface area contributed by atoms with Crippen LogP contribution in [0.2, 0.25) is 0 Å². The average molecular weight is 241 g/mol. The van der Waals surface area contributed by atoms with Gasteiger partial charge in [0.1, 0.15) is 6.10 Å². The maximum atomic E-state index is 11.6. The van der Waals surface area contributed by atoms with E-state index >= 15 is 0 Å². The van der Waals surface area contributed by atoms with E-state index in [2.05, 4.69) is 6.92 Å². The second-order valence-corrected chi connectivity index (χ2v) is 4.89. The molecule has 0 radical (unpaired) electrons. The number of hydrogen-bond donors (Lipinski definition) is 1. The highest BCUT2D eigenvalue weighted by molar-refractivity contribution is 7.10. The summed E-state index contributed by atoms with van der Waals surface area (Å²) >= 11 is 1.51. The highest BCUT2D eigenvalue weighted by Gasteiger charge is 2.15. The van der Waals surface area contributed by atoms with Gasteiger partial charge >= 0.3 is 0 Å². The summed E-state index contributed by atoms with van der Waals surface area (Å²) in [6, 6.07) is 3.79.